The van der Waals surface area contributed by atoms with E-state index in [9.17, 15) is 14.0 Å². The topological polar surface area (TPSA) is 90.2 Å². The molecular formula is C11H9FN2O3. The number of rotatable bonds is 3. The zero-order chi connectivity index (χ0) is 13.0. The van der Waals surface area contributed by atoms with Crippen LogP contribution in [-0.4, -0.2) is 17.0 Å². The number of carbonyl (C=O) groups is 2. The molecule has 2 N–H and O–H groups in total. The van der Waals surface area contributed by atoms with Crippen LogP contribution in [0.15, 0.2) is 18.2 Å². The van der Waals surface area contributed by atoms with Crippen molar-refractivity contribution in [2.24, 2.45) is 5.92 Å². The number of benzene rings is 1. The molecule has 88 valence electrons. The first-order valence-electron chi connectivity index (χ1n) is 4.69. The molecule has 0 aliphatic heterocycles. The average Bonchev–Trinajstić information content (AvgIpc) is 2.30. The Bertz CT molecular complexity index is 508. The summed E-state index contributed by atoms with van der Waals surface area (Å²) in [5.41, 5.74) is 0.0305. The number of hydrogen-bond acceptors (Lipinski definition) is 3. The fourth-order valence-corrected chi connectivity index (χ4v) is 1.07. The average molecular weight is 236 g/mol. The molecule has 1 aromatic carbocycles. The van der Waals surface area contributed by atoms with Crippen molar-refractivity contribution in [3.63, 3.8) is 0 Å². The summed E-state index contributed by atoms with van der Waals surface area (Å²) in [6, 6.07) is 4.95. The lowest BCUT2D eigenvalue weighted by Crippen LogP contribution is -2.27. The maximum absolute atomic E-state index is 12.8. The first-order chi connectivity index (χ1) is 7.95. The molecule has 0 heterocycles. The number of nitriles is 1. The molecule has 6 heteroatoms. The molecule has 0 bridgehead atoms. The molecule has 5 nitrogen and oxygen atoms in total. The summed E-state index contributed by atoms with van der Waals surface area (Å²) >= 11 is 0. The lowest BCUT2D eigenvalue weighted by molar-refractivity contribution is -0.144. The van der Waals surface area contributed by atoms with Crippen LogP contribution in [0.4, 0.5) is 10.1 Å². The van der Waals surface area contributed by atoms with Crippen molar-refractivity contribution in [3.8, 4) is 6.07 Å². The zero-order valence-electron chi connectivity index (χ0n) is 8.90. The number of carboxylic acids is 1. The zero-order valence-corrected chi connectivity index (χ0v) is 8.90. The van der Waals surface area contributed by atoms with E-state index in [4.69, 9.17) is 10.4 Å². The minimum atomic E-state index is -1.27. The normalized spacial score (nSPS) is 11.4. The van der Waals surface area contributed by atoms with E-state index in [0.29, 0.717) is 0 Å². The third-order valence-electron chi connectivity index (χ3n) is 2.12. The van der Waals surface area contributed by atoms with Crippen LogP contribution >= 0.6 is 0 Å². The van der Waals surface area contributed by atoms with Gasteiger partial charge in [0.2, 0.25) is 5.91 Å². The summed E-state index contributed by atoms with van der Waals surface area (Å²) < 4.78 is 12.8. The highest BCUT2D eigenvalue weighted by molar-refractivity contribution is 6.04. The SMILES string of the molecule is CC(C(=O)O)C(=O)Nc1ccc(F)cc1C#N. The fraction of sp³-hybridized carbons (Fsp3) is 0.182. The van der Waals surface area contributed by atoms with Gasteiger partial charge in [-0.15, -0.1) is 0 Å². The van der Waals surface area contributed by atoms with Crippen molar-refractivity contribution in [2.75, 3.05) is 5.32 Å². The monoisotopic (exact) mass is 236 g/mol. The first kappa shape index (κ1) is 12.6. The first-order valence-corrected chi connectivity index (χ1v) is 4.69. The van der Waals surface area contributed by atoms with E-state index >= 15 is 0 Å². The Morgan fingerprint density at radius 3 is 2.71 bits per heavy atom. The summed E-state index contributed by atoms with van der Waals surface area (Å²) in [6.07, 6.45) is 0. The summed E-state index contributed by atoms with van der Waals surface area (Å²) in [4.78, 5) is 22.0. The molecule has 0 fully saturated rings. The molecule has 0 saturated heterocycles. The van der Waals surface area contributed by atoms with Crippen molar-refractivity contribution in [2.45, 2.75) is 6.92 Å². The smallest absolute Gasteiger partial charge is 0.315 e. The van der Waals surface area contributed by atoms with E-state index in [-0.39, 0.29) is 11.3 Å². The highest BCUT2D eigenvalue weighted by Gasteiger charge is 2.21. The molecular weight excluding hydrogens is 227 g/mol. The van der Waals surface area contributed by atoms with Gasteiger partial charge in [0, 0.05) is 0 Å². The third kappa shape index (κ3) is 3.01. The van der Waals surface area contributed by atoms with Gasteiger partial charge in [0.1, 0.15) is 17.8 Å². The predicted molar refractivity (Wildman–Crippen MR) is 56.5 cm³/mol. The Hall–Kier alpha value is -2.42. The van der Waals surface area contributed by atoms with Crippen LogP contribution in [0, 0.1) is 23.1 Å². The van der Waals surface area contributed by atoms with Gasteiger partial charge in [0.15, 0.2) is 0 Å². The van der Waals surface area contributed by atoms with E-state index in [2.05, 4.69) is 5.32 Å². The Morgan fingerprint density at radius 2 is 2.18 bits per heavy atom. The van der Waals surface area contributed by atoms with Crippen LogP contribution in [-0.2, 0) is 9.59 Å². The van der Waals surface area contributed by atoms with Gasteiger partial charge in [-0.25, -0.2) is 4.39 Å². The quantitative estimate of drug-likeness (QED) is 0.775. The maximum Gasteiger partial charge on any atom is 0.315 e. The van der Waals surface area contributed by atoms with Gasteiger partial charge in [-0.2, -0.15) is 5.26 Å². The van der Waals surface area contributed by atoms with E-state index < -0.39 is 23.6 Å². The molecule has 17 heavy (non-hydrogen) atoms. The van der Waals surface area contributed by atoms with E-state index in [1.165, 1.54) is 13.0 Å². The Kier molecular flexibility index (Phi) is 3.78. The summed E-state index contributed by atoms with van der Waals surface area (Å²) in [6.45, 7) is 1.22. The van der Waals surface area contributed by atoms with Crippen LogP contribution in [0.5, 0.6) is 0 Å². The lowest BCUT2D eigenvalue weighted by atomic mass is 10.1. The molecule has 0 radical (unpaired) electrons. The Labute approximate surface area is 96.5 Å². The second-order valence-electron chi connectivity index (χ2n) is 3.35. The molecule has 1 rings (SSSR count). The number of carbonyl (C=O) groups excluding carboxylic acids is 1. The minimum Gasteiger partial charge on any atom is -0.481 e. The van der Waals surface area contributed by atoms with E-state index in [1.807, 2.05) is 0 Å². The Balaban J connectivity index is 2.93. The molecule has 1 aromatic rings. The van der Waals surface area contributed by atoms with E-state index in [1.54, 1.807) is 6.07 Å². The molecule has 0 aliphatic carbocycles. The van der Waals surface area contributed by atoms with Gasteiger partial charge in [-0.1, -0.05) is 0 Å². The van der Waals surface area contributed by atoms with Crippen LogP contribution in [0.25, 0.3) is 0 Å². The largest absolute Gasteiger partial charge is 0.481 e. The summed E-state index contributed by atoms with van der Waals surface area (Å²) in [5.74, 6) is -3.89. The number of hydrogen-bond donors (Lipinski definition) is 2. The summed E-state index contributed by atoms with van der Waals surface area (Å²) in [5, 5.41) is 19.6. The maximum atomic E-state index is 12.8. The van der Waals surface area contributed by atoms with Crippen molar-refractivity contribution in [3.05, 3.63) is 29.6 Å². The van der Waals surface area contributed by atoms with Gasteiger partial charge in [0.25, 0.3) is 0 Å². The van der Waals surface area contributed by atoms with E-state index in [0.717, 1.165) is 12.1 Å². The number of halogens is 1. The van der Waals surface area contributed by atoms with Gasteiger partial charge in [-0.3, -0.25) is 9.59 Å². The molecule has 1 unspecified atom stereocenters. The molecule has 1 amide bonds. The van der Waals surface area contributed by atoms with Gasteiger partial charge >= 0.3 is 5.97 Å². The van der Waals surface area contributed by atoms with Gasteiger partial charge in [-0.05, 0) is 25.1 Å². The number of aliphatic carboxylic acids is 1. The highest BCUT2D eigenvalue weighted by atomic mass is 19.1. The predicted octanol–water partition coefficient (Wildman–Crippen LogP) is 1.36. The second kappa shape index (κ2) is 5.07. The molecule has 0 aromatic heterocycles. The van der Waals surface area contributed by atoms with Crippen molar-refractivity contribution >= 4 is 17.6 Å². The molecule has 0 spiro atoms. The summed E-state index contributed by atoms with van der Waals surface area (Å²) in [7, 11) is 0. The minimum absolute atomic E-state index is 0.0593. The Morgan fingerprint density at radius 1 is 1.53 bits per heavy atom. The van der Waals surface area contributed by atoms with Crippen molar-refractivity contribution < 1.29 is 19.1 Å². The van der Waals surface area contributed by atoms with Gasteiger partial charge < -0.3 is 10.4 Å². The van der Waals surface area contributed by atoms with Crippen LogP contribution in [0.3, 0.4) is 0 Å². The number of nitrogens with zero attached hydrogens (tertiary/aromatic N) is 1. The number of anilines is 1. The molecule has 0 aliphatic rings. The lowest BCUT2D eigenvalue weighted by Gasteiger charge is -2.09. The number of carboxylic acid groups (broad SMARTS) is 1. The third-order valence-corrected chi connectivity index (χ3v) is 2.12. The van der Waals surface area contributed by atoms with Gasteiger partial charge in [0.05, 0.1) is 11.3 Å². The van der Waals surface area contributed by atoms with Crippen LogP contribution in [0.2, 0.25) is 0 Å². The van der Waals surface area contributed by atoms with Crippen LogP contribution < -0.4 is 5.32 Å². The second-order valence-corrected chi connectivity index (χ2v) is 3.35. The molecule has 1 atom stereocenters. The molecule has 0 saturated carbocycles. The van der Waals surface area contributed by atoms with Crippen molar-refractivity contribution in [1.29, 1.82) is 5.26 Å². The highest BCUT2D eigenvalue weighted by Crippen LogP contribution is 2.16. The van der Waals surface area contributed by atoms with Crippen molar-refractivity contribution in [1.82, 2.24) is 0 Å². The standard InChI is InChI=1S/C11H9FN2O3/c1-6(11(16)17)10(15)14-9-3-2-8(12)4-7(9)5-13/h2-4,6H,1H3,(H,14,15)(H,16,17). The van der Waals surface area contributed by atoms with Crippen LogP contribution in [0.1, 0.15) is 12.5 Å². The fourth-order valence-electron chi connectivity index (χ4n) is 1.07. The number of nitrogens with one attached hydrogen (secondary N) is 1. The number of amides is 1.